The summed E-state index contributed by atoms with van der Waals surface area (Å²) in [5, 5.41) is 3.52. The molecule has 5 rings (SSSR count). The van der Waals surface area contributed by atoms with Gasteiger partial charge in [0.25, 0.3) is 0 Å². The molecule has 1 aromatic heterocycles. The molecule has 0 bridgehead atoms. The third-order valence-corrected chi connectivity index (χ3v) is 5.72. The number of rotatable bonds is 2. The summed E-state index contributed by atoms with van der Waals surface area (Å²) in [7, 11) is 0. The molecular weight excluding hydrogens is 413 g/mol. The Morgan fingerprint density at radius 2 is 1.77 bits per heavy atom. The molecule has 2 amide bonds. The standard InChI is InChI=1S/C25H19ClFN3O/c26-19-7-3-6-17(15-19)24-23-9-4-14-29(23)22-8-2-1-5-18(22)16-30(24)25(31)28-21-12-10-20(27)11-13-21/h1-15,24H,16H2,(H,28,31)/t24-/m1/s1. The van der Waals surface area contributed by atoms with Crippen molar-refractivity contribution in [3.8, 4) is 5.69 Å². The zero-order chi connectivity index (χ0) is 21.4. The number of benzene rings is 3. The summed E-state index contributed by atoms with van der Waals surface area (Å²) in [6, 6.07) is 24.7. The molecule has 1 aliphatic heterocycles. The van der Waals surface area contributed by atoms with Crippen LogP contribution in [0, 0.1) is 5.82 Å². The normalized spacial score (nSPS) is 15.0. The first-order chi connectivity index (χ1) is 15.1. The monoisotopic (exact) mass is 431 g/mol. The van der Waals surface area contributed by atoms with E-state index in [1.807, 2.05) is 60.8 Å². The van der Waals surface area contributed by atoms with Crippen LogP contribution in [-0.2, 0) is 6.54 Å². The summed E-state index contributed by atoms with van der Waals surface area (Å²) in [5.74, 6) is -0.351. The van der Waals surface area contributed by atoms with Gasteiger partial charge in [-0.15, -0.1) is 0 Å². The lowest BCUT2D eigenvalue weighted by atomic mass is 10.0. The van der Waals surface area contributed by atoms with Gasteiger partial charge in [-0.25, -0.2) is 9.18 Å². The van der Waals surface area contributed by atoms with Crippen LogP contribution in [0.1, 0.15) is 22.9 Å². The highest BCUT2D eigenvalue weighted by Gasteiger charge is 2.33. The predicted octanol–water partition coefficient (Wildman–Crippen LogP) is 6.41. The van der Waals surface area contributed by atoms with Crippen LogP contribution in [0.5, 0.6) is 0 Å². The van der Waals surface area contributed by atoms with Crippen molar-refractivity contribution >= 4 is 23.3 Å². The van der Waals surface area contributed by atoms with Crippen molar-refractivity contribution in [2.45, 2.75) is 12.6 Å². The van der Waals surface area contributed by atoms with Crippen molar-refractivity contribution in [1.82, 2.24) is 9.47 Å². The Morgan fingerprint density at radius 3 is 2.58 bits per heavy atom. The van der Waals surface area contributed by atoms with E-state index in [0.29, 0.717) is 17.3 Å². The number of nitrogens with one attached hydrogen (secondary N) is 1. The zero-order valence-electron chi connectivity index (χ0n) is 16.5. The van der Waals surface area contributed by atoms with Crippen LogP contribution >= 0.6 is 11.6 Å². The quantitative estimate of drug-likeness (QED) is 0.391. The summed E-state index contributed by atoms with van der Waals surface area (Å²) >= 11 is 6.31. The third-order valence-electron chi connectivity index (χ3n) is 5.48. The highest BCUT2D eigenvalue weighted by molar-refractivity contribution is 6.30. The van der Waals surface area contributed by atoms with Crippen molar-refractivity contribution in [3.63, 3.8) is 0 Å². The molecule has 4 nitrogen and oxygen atoms in total. The van der Waals surface area contributed by atoms with Crippen LogP contribution in [0.25, 0.3) is 5.69 Å². The van der Waals surface area contributed by atoms with Crippen molar-refractivity contribution in [2.75, 3.05) is 5.32 Å². The summed E-state index contributed by atoms with van der Waals surface area (Å²) in [6.07, 6.45) is 2.01. The van der Waals surface area contributed by atoms with E-state index in [1.165, 1.54) is 12.1 Å². The van der Waals surface area contributed by atoms with Gasteiger partial charge >= 0.3 is 6.03 Å². The van der Waals surface area contributed by atoms with Gasteiger partial charge in [0.2, 0.25) is 0 Å². The number of hydrogen-bond donors (Lipinski definition) is 1. The number of aromatic nitrogens is 1. The van der Waals surface area contributed by atoms with Gasteiger partial charge in [0.05, 0.1) is 18.3 Å². The molecule has 6 heteroatoms. The molecule has 2 heterocycles. The fourth-order valence-electron chi connectivity index (χ4n) is 4.10. The molecule has 154 valence electrons. The van der Waals surface area contributed by atoms with Gasteiger partial charge in [-0.3, -0.25) is 0 Å². The number of para-hydroxylation sites is 1. The van der Waals surface area contributed by atoms with Crippen LogP contribution in [-0.4, -0.2) is 15.5 Å². The number of carbonyl (C=O) groups is 1. The minimum Gasteiger partial charge on any atom is -0.318 e. The second-order valence-corrected chi connectivity index (χ2v) is 7.89. The Morgan fingerprint density at radius 1 is 0.968 bits per heavy atom. The Balaban J connectivity index is 1.63. The number of carbonyl (C=O) groups excluding carboxylic acids is 1. The number of urea groups is 1. The van der Waals surface area contributed by atoms with Gasteiger partial charge in [-0.05, 0) is 65.7 Å². The van der Waals surface area contributed by atoms with Crippen LogP contribution < -0.4 is 5.32 Å². The van der Waals surface area contributed by atoms with E-state index in [-0.39, 0.29) is 17.9 Å². The number of hydrogen-bond acceptors (Lipinski definition) is 1. The molecule has 0 saturated heterocycles. The Bertz CT molecular complexity index is 1250. The van der Waals surface area contributed by atoms with Crippen molar-refractivity contribution in [3.05, 3.63) is 119 Å². The van der Waals surface area contributed by atoms with E-state index in [2.05, 4.69) is 16.0 Å². The zero-order valence-corrected chi connectivity index (χ0v) is 17.3. The largest absolute Gasteiger partial charge is 0.322 e. The second kappa shape index (κ2) is 7.93. The maximum Gasteiger partial charge on any atom is 0.322 e. The Labute approximate surface area is 184 Å². The van der Waals surface area contributed by atoms with Crippen molar-refractivity contribution in [1.29, 1.82) is 0 Å². The van der Waals surface area contributed by atoms with Gasteiger partial charge in [-0.1, -0.05) is 41.9 Å². The van der Waals surface area contributed by atoms with Gasteiger partial charge in [0.15, 0.2) is 0 Å². The average molecular weight is 432 g/mol. The van der Waals surface area contributed by atoms with Gasteiger partial charge in [-0.2, -0.15) is 0 Å². The summed E-state index contributed by atoms with van der Waals surface area (Å²) in [6.45, 7) is 0.405. The lowest BCUT2D eigenvalue weighted by Gasteiger charge is -2.31. The SMILES string of the molecule is O=C(Nc1ccc(F)cc1)N1Cc2ccccc2-n2cccc2[C@H]1c1cccc(Cl)c1. The molecule has 0 fully saturated rings. The maximum absolute atomic E-state index is 13.5. The van der Waals surface area contributed by atoms with E-state index < -0.39 is 0 Å². The van der Waals surface area contributed by atoms with Crippen molar-refractivity contribution < 1.29 is 9.18 Å². The highest BCUT2D eigenvalue weighted by atomic mass is 35.5. The molecule has 0 unspecified atom stereocenters. The number of amides is 2. The number of anilines is 1. The number of nitrogens with zero attached hydrogens (tertiary/aromatic N) is 2. The summed E-state index contributed by atoms with van der Waals surface area (Å²) in [4.78, 5) is 15.3. The lowest BCUT2D eigenvalue weighted by Crippen LogP contribution is -2.37. The van der Waals surface area contributed by atoms with E-state index >= 15 is 0 Å². The molecule has 0 radical (unpaired) electrons. The van der Waals surface area contributed by atoms with Crippen LogP contribution in [0.2, 0.25) is 5.02 Å². The van der Waals surface area contributed by atoms with E-state index in [4.69, 9.17) is 11.6 Å². The van der Waals surface area contributed by atoms with Crippen molar-refractivity contribution in [2.24, 2.45) is 0 Å². The minimum atomic E-state index is -0.360. The van der Waals surface area contributed by atoms with E-state index in [1.54, 1.807) is 17.0 Å². The minimum absolute atomic E-state index is 0.277. The van der Waals surface area contributed by atoms with E-state index in [9.17, 15) is 9.18 Å². The number of halogens is 2. The molecule has 4 aromatic rings. The van der Waals surface area contributed by atoms with Crippen LogP contribution in [0.4, 0.5) is 14.9 Å². The summed E-state index contributed by atoms with van der Waals surface area (Å²) in [5.41, 5.74) is 4.46. The maximum atomic E-state index is 13.5. The van der Waals surface area contributed by atoms with Crippen LogP contribution in [0.15, 0.2) is 91.1 Å². The second-order valence-electron chi connectivity index (χ2n) is 7.45. The molecule has 1 aliphatic rings. The van der Waals surface area contributed by atoms with Gasteiger partial charge < -0.3 is 14.8 Å². The van der Waals surface area contributed by atoms with E-state index in [0.717, 1.165) is 22.5 Å². The first-order valence-corrected chi connectivity index (χ1v) is 10.3. The molecular formula is C25H19ClFN3O. The first-order valence-electron chi connectivity index (χ1n) is 9.94. The predicted molar refractivity (Wildman–Crippen MR) is 120 cm³/mol. The highest BCUT2D eigenvalue weighted by Crippen LogP contribution is 2.37. The molecule has 0 spiro atoms. The Hall–Kier alpha value is -3.57. The molecule has 31 heavy (non-hydrogen) atoms. The molecule has 1 N–H and O–H groups in total. The van der Waals surface area contributed by atoms with Gasteiger partial charge in [0, 0.05) is 22.6 Å². The third kappa shape index (κ3) is 3.68. The van der Waals surface area contributed by atoms with Crippen LogP contribution in [0.3, 0.4) is 0 Å². The molecule has 3 aromatic carbocycles. The first kappa shape index (κ1) is 19.4. The molecule has 1 atom stereocenters. The fraction of sp³-hybridized carbons (Fsp3) is 0.0800. The topological polar surface area (TPSA) is 37.3 Å². The summed E-state index contributed by atoms with van der Waals surface area (Å²) < 4.78 is 15.4. The number of fused-ring (bicyclic) bond motifs is 3. The lowest BCUT2D eigenvalue weighted by molar-refractivity contribution is 0.194. The molecule has 0 aliphatic carbocycles. The average Bonchev–Trinajstić information content (AvgIpc) is 3.19. The molecule has 0 saturated carbocycles. The smallest absolute Gasteiger partial charge is 0.318 e. The van der Waals surface area contributed by atoms with Gasteiger partial charge in [0.1, 0.15) is 5.82 Å². The fourth-order valence-corrected chi connectivity index (χ4v) is 4.29. The Kier molecular flexibility index (Phi) is 4.96.